The zero-order chi connectivity index (χ0) is 15.4. The molecule has 1 atom stereocenters. The van der Waals surface area contributed by atoms with Gasteiger partial charge in [0.1, 0.15) is 11.6 Å². The summed E-state index contributed by atoms with van der Waals surface area (Å²) in [7, 11) is 0. The molecule has 0 amide bonds. The van der Waals surface area contributed by atoms with Crippen molar-refractivity contribution >= 4 is 0 Å². The highest BCUT2D eigenvalue weighted by Gasteiger charge is 2.22. The number of halogens is 1. The number of hydrogen-bond acceptors (Lipinski definition) is 6. The summed E-state index contributed by atoms with van der Waals surface area (Å²) < 4.78 is 29.7. The molecule has 0 bridgehead atoms. The average molecular weight is 308 g/mol. The molecule has 0 aliphatic carbocycles. The molecule has 3 rings (SSSR count). The summed E-state index contributed by atoms with van der Waals surface area (Å²) in [6, 6.07) is 3.97. The van der Waals surface area contributed by atoms with Gasteiger partial charge in [-0.3, -0.25) is 0 Å². The summed E-state index contributed by atoms with van der Waals surface area (Å²) in [5.74, 6) is 0.812. The third-order valence-electron chi connectivity index (χ3n) is 3.54. The maximum atomic E-state index is 13.2. The van der Waals surface area contributed by atoms with Crippen molar-refractivity contribution in [3.63, 3.8) is 0 Å². The second-order valence-electron chi connectivity index (χ2n) is 5.15. The second kappa shape index (κ2) is 6.85. The van der Waals surface area contributed by atoms with Gasteiger partial charge in [-0.05, 0) is 18.9 Å². The van der Waals surface area contributed by atoms with Gasteiger partial charge in [0, 0.05) is 18.2 Å². The van der Waals surface area contributed by atoms with Crippen LogP contribution < -0.4 is 4.74 Å². The largest absolute Gasteiger partial charge is 0.483 e. The monoisotopic (exact) mass is 308 g/mol. The summed E-state index contributed by atoms with van der Waals surface area (Å²) in [5, 5.41) is 17.2. The third kappa shape index (κ3) is 3.42. The standard InChI is InChI=1S/C15H17FN2O4/c16-12-4-3-10(7-19)13(6-12)21-9-14-17-18-15(22-14)11-2-1-5-20-8-11/h3-4,6,11,19H,1-2,5,7-9H2. The second-order valence-corrected chi connectivity index (χ2v) is 5.15. The molecule has 1 unspecified atom stereocenters. The number of benzene rings is 1. The summed E-state index contributed by atoms with van der Waals surface area (Å²) in [6.07, 6.45) is 1.93. The van der Waals surface area contributed by atoms with Crippen LogP contribution in [0.3, 0.4) is 0 Å². The molecule has 1 N–H and O–H groups in total. The molecule has 7 heteroatoms. The van der Waals surface area contributed by atoms with Crippen LogP contribution in [0.1, 0.15) is 36.1 Å². The fourth-order valence-corrected chi connectivity index (χ4v) is 2.36. The molecular formula is C15H17FN2O4. The Morgan fingerprint density at radius 3 is 3.05 bits per heavy atom. The van der Waals surface area contributed by atoms with E-state index in [4.69, 9.17) is 13.9 Å². The molecule has 2 aromatic rings. The Kier molecular flexibility index (Phi) is 4.65. The molecule has 1 aliphatic heterocycles. The fourth-order valence-electron chi connectivity index (χ4n) is 2.36. The molecule has 1 aromatic heterocycles. The zero-order valence-electron chi connectivity index (χ0n) is 12.0. The van der Waals surface area contributed by atoms with Gasteiger partial charge in [-0.15, -0.1) is 10.2 Å². The van der Waals surface area contributed by atoms with E-state index in [2.05, 4.69) is 10.2 Å². The molecule has 1 aromatic carbocycles. The molecular weight excluding hydrogens is 291 g/mol. The van der Waals surface area contributed by atoms with Gasteiger partial charge in [-0.2, -0.15) is 0 Å². The molecule has 0 spiro atoms. The first-order chi connectivity index (χ1) is 10.8. The highest BCUT2D eigenvalue weighted by Crippen LogP contribution is 2.25. The van der Waals surface area contributed by atoms with Crippen LogP contribution in [-0.2, 0) is 18.0 Å². The molecule has 0 saturated carbocycles. The van der Waals surface area contributed by atoms with E-state index in [1.54, 1.807) is 0 Å². The Hall–Kier alpha value is -1.99. The van der Waals surface area contributed by atoms with Crippen LogP contribution in [0.25, 0.3) is 0 Å². The predicted octanol–water partition coefficient (Wildman–Crippen LogP) is 2.17. The van der Waals surface area contributed by atoms with Crippen LogP contribution in [0.2, 0.25) is 0 Å². The van der Waals surface area contributed by atoms with Crippen molar-refractivity contribution in [2.45, 2.75) is 32.0 Å². The van der Waals surface area contributed by atoms with Gasteiger partial charge in [-0.1, -0.05) is 6.07 Å². The number of nitrogens with zero attached hydrogens (tertiary/aromatic N) is 2. The van der Waals surface area contributed by atoms with Crippen molar-refractivity contribution in [2.24, 2.45) is 0 Å². The van der Waals surface area contributed by atoms with Crippen molar-refractivity contribution in [3.05, 3.63) is 41.4 Å². The van der Waals surface area contributed by atoms with Crippen LogP contribution in [0.5, 0.6) is 5.75 Å². The van der Waals surface area contributed by atoms with Gasteiger partial charge in [0.25, 0.3) is 5.89 Å². The van der Waals surface area contributed by atoms with Crippen molar-refractivity contribution in [2.75, 3.05) is 13.2 Å². The molecule has 118 valence electrons. The molecule has 6 nitrogen and oxygen atoms in total. The fraction of sp³-hybridized carbons (Fsp3) is 0.467. The first-order valence-corrected chi connectivity index (χ1v) is 7.18. The Balaban J connectivity index is 1.64. The van der Waals surface area contributed by atoms with Crippen molar-refractivity contribution < 1.29 is 23.4 Å². The van der Waals surface area contributed by atoms with Crippen LogP contribution in [0.15, 0.2) is 22.6 Å². The van der Waals surface area contributed by atoms with Crippen LogP contribution in [0.4, 0.5) is 4.39 Å². The highest BCUT2D eigenvalue weighted by molar-refractivity contribution is 5.33. The lowest BCUT2D eigenvalue weighted by molar-refractivity contribution is 0.0716. The topological polar surface area (TPSA) is 77.6 Å². The SMILES string of the molecule is OCc1ccc(F)cc1OCc1nnc(C2CCCOC2)o1. The number of aliphatic hydroxyl groups is 1. The highest BCUT2D eigenvalue weighted by atomic mass is 19.1. The van der Waals surface area contributed by atoms with Crippen LogP contribution >= 0.6 is 0 Å². The van der Waals surface area contributed by atoms with E-state index in [0.717, 1.165) is 19.4 Å². The molecule has 1 fully saturated rings. The molecule has 1 aliphatic rings. The van der Waals surface area contributed by atoms with E-state index in [-0.39, 0.29) is 24.9 Å². The summed E-state index contributed by atoms with van der Waals surface area (Å²) in [5.41, 5.74) is 0.502. The lowest BCUT2D eigenvalue weighted by atomic mass is 10.0. The average Bonchev–Trinajstić information content (AvgIpc) is 3.03. The van der Waals surface area contributed by atoms with E-state index in [1.165, 1.54) is 18.2 Å². The van der Waals surface area contributed by atoms with E-state index in [1.807, 2.05) is 0 Å². The van der Waals surface area contributed by atoms with Crippen molar-refractivity contribution in [1.82, 2.24) is 10.2 Å². The van der Waals surface area contributed by atoms with E-state index in [0.29, 0.717) is 24.0 Å². The van der Waals surface area contributed by atoms with Gasteiger partial charge in [0.15, 0.2) is 6.61 Å². The lowest BCUT2D eigenvalue weighted by Gasteiger charge is -2.18. The zero-order valence-corrected chi connectivity index (χ0v) is 12.0. The Morgan fingerprint density at radius 2 is 2.27 bits per heavy atom. The minimum Gasteiger partial charge on any atom is -0.483 e. The van der Waals surface area contributed by atoms with Gasteiger partial charge >= 0.3 is 0 Å². The normalized spacial score (nSPS) is 18.4. The van der Waals surface area contributed by atoms with Crippen LogP contribution in [-0.4, -0.2) is 28.5 Å². The minimum absolute atomic E-state index is 0.0248. The third-order valence-corrected chi connectivity index (χ3v) is 3.54. The maximum absolute atomic E-state index is 13.2. The Bertz CT molecular complexity index is 626. The number of rotatable bonds is 5. The lowest BCUT2D eigenvalue weighted by Crippen LogP contribution is -2.15. The van der Waals surface area contributed by atoms with E-state index < -0.39 is 5.82 Å². The first-order valence-electron chi connectivity index (χ1n) is 7.18. The van der Waals surface area contributed by atoms with Gasteiger partial charge in [0.2, 0.25) is 5.89 Å². The summed E-state index contributed by atoms with van der Waals surface area (Å²) >= 11 is 0. The van der Waals surface area contributed by atoms with Crippen molar-refractivity contribution in [3.8, 4) is 5.75 Å². The Morgan fingerprint density at radius 1 is 1.36 bits per heavy atom. The maximum Gasteiger partial charge on any atom is 0.253 e. The summed E-state index contributed by atoms with van der Waals surface area (Å²) in [4.78, 5) is 0. The Labute approximate surface area is 126 Å². The quantitative estimate of drug-likeness (QED) is 0.912. The predicted molar refractivity (Wildman–Crippen MR) is 73.7 cm³/mol. The van der Waals surface area contributed by atoms with Gasteiger partial charge < -0.3 is 19.0 Å². The van der Waals surface area contributed by atoms with Crippen LogP contribution in [0, 0.1) is 5.82 Å². The minimum atomic E-state index is -0.433. The molecule has 1 saturated heterocycles. The molecule has 22 heavy (non-hydrogen) atoms. The van der Waals surface area contributed by atoms with E-state index in [9.17, 15) is 9.50 Å². The van der Waals surface area contributed by atoms with E-state index >= 15 is 0 Å². The van der Waals surface area contributed by atoms with Gasteiger partial charge in [0.05, 0.1) is 19.1 Å². The van der Waals surface area contributed by atoms with Crippen molar-refractivity contribution in [1.29, 1.82) is 0 Å². The molecule has 0 radical (unpaired) electrons. The number of aliphatic hydroxyl groups excluding tert-OH is 1. The summed E-state index contributed by atoms with van der Waals surface area (Å²) in [6.45, 7) is 1.15. The first kappa shape index (κ1) is 14.9. The smallest absolute Gasteiger partial charge is 0.253 e. The number of ether oxygens (including phenoxy) is 2. The molecule has 2 heterocycles. The number of aromatic nitrogens is 2. The number of hydrogen-bond donors (Lipinski definition) is 1. The van der Waals surface area contributed by atoms with Gasteiger partial charge in [-0.25, -0.2) is 4.39 Å².